The zero-order valence-electron chi connectivity index (χ0n) is 20.2. The summed E-state index contributed by atoms with van der Waals surface area (Å²) in [6.07, 6.45) is 0. The fraction of sp³-hybridized carbons (Fsp3) is 0.214. The molecular weight excluding hydrogens is 475 g/mol. The number of anilines is 2. The molecule has 188 valence electrons. The highest BCUT2D eigenvalue weighted by atomic mass is 19.1. The number of hydrogen-bond donors (Lipinski definition) is 1. The minimum Gasteiger partial charge on any atom is -0.462 e. The van der Waals surface area contributed by atoms with Gasteiger partial charge in [0, 0.05) is 31.7 Å². The van der Waals surface area contributed by atoms with Crippen molar-refractivity contribution in [3.05, 3.63) is 94.8 Å². The van der Waals surface area contributed by atoms with Gasteiger partial charge < -0.3 is 19.9 Å². The number of carbonyl (C=O) groups is 3. The molecule has 0 radical (unpaired) electrons. The molecule has 0 atom stereocenters. The van der Waals surface area contributed by atoms with E-state index in [4.69, 9.17) is 10.00 Å². The molecule has 9 heteroatoms. The van der Waals surface area contributed by atoms with Gasteiger partial charge in [0.15, 0.2) is 0 Å². The molecular formula is C28H25FN4O4. The minimum absolute atomic E-state index is 0.0530. The molecule has 0 aliphatic carbocycles. The number of halogens is 1. The van der Waals surface area contributed by atoms with Crippen molar-refractivity contribution < 1.29 is 23.5 Å². The molecule has 37 heavy (non-hydrogen) atoms. The molecule has 4 rings (SSSR count). The molecule has 0 bridgehead atoms. The van der Waals surface area contributed by atoms with Crippen LogP contribution in [0.25, 0.3) is 0 Å². The van der Waals surface area contributed by atoms with Crippen LogP contribution in [0.3, 0.4) is 0 Å². The van der Waals surface area contributed by atoms with E-state index in [0.29, 0.717) is 43.1 Å². The monoisotopic (exact) mass is 500 g/mol. The lowest BCUT2D eigenvalue weighted by atomic mass is 10.1. The number of esters is 1. The van der Waals surface area contributed by atoms with Crippen molar-refractivity contribution in [1.82, 2.24) is 4.90 Å². The Balaban J connectivity index is 1.57. The molecule has 1 fully saturated rings. The standard InChI is InChI=1S/C28H25FN4O4/c1-2-37-28(36)21-9-11-25(24(17-21)31-26(34)22-10-8-19(18-30)16-23(22)29)32-12-14-33(15-13-32)27(35)20-6-4-3-5-7-20/h3-11,16-17H,2,12-15H2,1H3,(H,31,34). The Bertz CT molecular complexity index is 1360. The van der Waals surface area contributed by atoms with Crippen molar-refractivity contribution in [2.24, 2.45) is 0 Å². The number of nitrogens with one attached hydrogen (secondary N) is 1. The summed E-state index contributed by atoms with van der Waals surface area (Å²) in [6, 6.07) is 19.3. The fourth-order valence-electron chi connectivity index (χ4n) is 4.13. The summed E-state index contributed by atoms with van der Waals surface area (Å²) < 4.78 is 19.6. The maximum Gasteiger partial charge on any atom is 0.338 e. The summed E-state index contributed by atoms with van der Waals surface area (Å²) in [4.78, 5) is 41.9. The smallest absolute Gasteiger partial charge is 0.338 e. The third-order valence-electron chi connectivity index (χ3n) is 6.03. The second-order valence-corrected chi connectivity index (χ2v) is 8.36. The van der Waals surface area contributed by atoms with Crippen LogP contribution >= 0.6 is 0 Å². The molecule has 8 nitrogen and oxygen atoms in total. The third-order valence-corrected chi connectivity index (χ3v) is 6.03. The van der Waals surface area contributed by atoms with E-state index in [9.17, 15) is 18.8 Å². The van der Waals surface area contributed by atoms with E-state index < -0.39 is 17.7 Å². The maximum atomic E-state index is 14.5. The van der Waals surface area contributed by atoms with E-state index >= 15 is 0 Å². The molecule has 0 saturated carbocycles. The zero-order chi connectivity index (χ0) is 26.4. The van der Waals surface area contributed by atoms with Crippen LogP contribution in [0.2, 0.25) is 0 Å². The summed E-state index contributed by atoms with van der Waals surface area (Å²) in [6.45, 7) is 3.79. The van der Waals surface area contributed by atoms with Crippen LogP contribution in [-0.2, 0) is 4.74 Å². The van der Waals surface area contributed by atoms with Crippen LogP contribution in [0.5, 0.6) is 0 Å². The predicted octanol–water partition coefficient (Wildman–Crippen LogP) is 4.09. The second kappa shape index (κ2) is 11.4. The van der Waals surface area contributed by atoms with Crippen molar-refractivity contribution in [3.63, 3.8) is 0 Å². The highest BCUT2D eigenvalue weighted by molar-refractivity contribution is 6.07. The van der Waals surface area contributed by atoms with Crippen LogP contribution in [0.15, 0.2) is 66.7 Å². The van der Waals surface area contributed by atoms with Gasteiger partial charge in [-0.25, -0.2) is 9.18 Å². The molecule has 0 unspecified atom stereocenters. The van der Waals surface area contributed by atoms with E-state index in [1.165, 1.54) is 18.2 Å². The van der Waals surface area contributed by atoms with E-state index in [2.05, 4.69) is 5.32 Å². The van der Waals surface area contributed by atoms with Gasteiger partial charge in [0.2, 0.25) is 0 Å². The Morgan fingerprint density at radius 1 is 0.973 bits per heavy atom. The molecule has 1 heterocycles. The highest BCUT2D eigenvalue weighted by Gasteiger charge is 2.25. The van der Waals surface area contributed by atoms with E-state index in [1.54, 1.807) is 36.1 Å². The number of carbonyl (C=O) groups excluding carboxylic acids is 3. The minimum atomic E-state index is -0.826. The quantitative estimate of drug-likeness (QED) is 0.512. The number of nitrogens with zero attached hydrogens (tertiary/aromatic N) is 3. The zero-order valence-corrected chi connectivity index (χ0v) is 20.2. The summed E-state index contributed by atoms with van der Waals surface area (Å²) >= 11 is 0. The van der Waals surface area contributed by atoms with E-state index in [0.717, 1.165) is 6.07 Å². The average Bonchev–Trinajstić information content (AvgIpc) is 2.93. The van der Waals surface area contributed by atoms with Gasteiger partial charge in [0.05, 0.1) is 40.7 Å². The number of amides is 2. The average molecular weight is 501 g/mol. The van der Waals surface area contributed by atoms with Crippen molar-refractivity contribution >= 4 is 29.2 Å². The molecule has 1 saturated heterocycles. The van der Waals surface area contributed by atoms with Gasteiger partial charge in [-0.15, -0.1) is 0 Å². The van der Waals surface area contributed by atoms with E-state index in [-0.39, 0.29) is 29.2 Å². The van der Waals surface area contributed by atoms with Crippen molar-refractivity contribution in [2.75, 3.05) is 43.0 Å². The SMILES string of the molecule is CCOC(=O)c1ccc(N2CCN(C(=O)c3ccccc3)CC2)c(NC(=O)c2ccc(C#N)cc2F)c1. The first-order valence-electron chi connectivity index (χ1n) is 11.8. The largest absolute Gasteiger partial charge is 0.462 e. The summed E-state index contributed by atoms with van der Waals surface area (Å²) in [5, 5.41) is 11.7. The molecule has 1 aliphatic rings. The number of piperazine rings is 1. The first kappa shape index (κ1) is 25.4. The summed E-state index contributed by atoms with van der Waals surface area (Å²) in [5.41, 5.74) is 1.65. The number of rotatable bonds is 6. The molecule has 0 spiro atoms. The second-order valence-electron chi connectivity index (χ2n) is 8.36. The molecule has 1 N–H and O–H groups in total. The van der Waals surface area contributed by atoms with Crippen LogP contribution in [-0.4, -0.2) is 55.5 Å². The molecule has 0 aromatic heterocycles. The first-order valence-corrected chi connectivity index (χ1v) is 11.8. The maximum absolute atomic E-state index is 14.5. The van der Waals surface area contributed by atoms with Gasteiger partial charge in [-0.05, 0) is 55.5 Å². The van der Waals surface area contributed by atoms with Crippen LogP contribution < -0.4 is 10.2 Å². The lowest BCUT2D eigenvalue weighted by Crippen LogP contribution is -2.49. The van der Waals surface area contributed by atoms with Gasteiger partial charge in [0.25, 0.3) is 11.8 Å². The fourth-order valence-corrected chi connectivity index (χ4v) is 4.13. The van der Waals surface area contributed by atoms with Crippen LogP contribution in [0, 0.1) is 17.1 Å². The number of benzene rings is 3. The number of hydrogen-bond acceptors (Lipinski definition) is 6. The highest BCUT2D eigenvalue weighted by Crippen LogP contribution is 2.30. The Hall–Kier alpha value is -4.71. The normalized spacial score (nSPS) is 13.0. The van der Waals surface area contributed by atoms with Gasteiger partial charge in [-0.3, -0.25) is 9.59 Å². The Morgan fingerprint density at radius 2 is 1.70 bits per heavy atom. The summed E-state index contributed by atoms with van der Waals surface area (Å²) in [7, 11) is 0. The first-order chi connectivity index (χ1) is 17.9. The van der Waals surface area contributed by atoms with Crippen molar-refractivity contribution in [1.29, 1.82) is 5.26 Å². The Kier molecular flexibility index (Phi) is 7.79. The van der Waals surface area contributed by atoms with E-state index in [1.807, 2.05) is 29.2 Å². The van der Waals surface area contributed by atoms with Gasteiger partial charge >= 0.3 is 5.97 Å². The van der Waals surface area contributed by atoms with Crippen molar-refractivity contribution in [3.8, 4) is 6.07 Å². The van der Waals surface area contributed by atoms with Gasteiger partial charge in [-0.2, -0.15) is 5.26 Å². The van der Waals surface area contributed by atoms with Gasteiger partial charge in [-0.1, -0.05) is 18.2 Å². The predicted molar refractivity (Wildman–Crippen MR) is 136 cm³/mol. The molecule has 3 aromatic carbocycles. The lowest BCUT2D eigenvalue weighted by molar-refractivity contribution is 0.0526. The van der Waals surface area contributed by atoms with Crippen LogP contribution in [0.4, 0.5) is 15.8 Å². The van der Waals surface area contributed by atoms with Crippen LogP contribution in [0.1, 0.15) is 43.6 Å². The third kappa shape index (κ3) is 5.76. The lowest BCUT2D eigenvalue weighted by Gasteiger charge is -2.37. The van der Waals surface area contributed by atoms with Crippen molar-refractivity contribution in [2.45, 2.75) is 6.92 Å². The van der Waals surface area contributed by atoms with Gasteiger partial charge in [0.1, 0.15) is 5.82 Å². The molecule has 2 amide bonds. The molecule has 3 aromatic rings. The topological polar surface area (TPSA) is 103 Å². The molecule has 1 aliphatic heterocycles. The summed E-state index contributed by atoms with van der Waals surface area (Å²) in [5.74, 6) is -2.15. The Morgan fingerprint density at radius 3 is 2.35 bits per heavy atom. The number of ether oxygens (including phenoxy) is 1. The number of nitriles is 1. The Labute approximate surface area is 213 Å².